The number of nitriles is 5. The molecule has 0 fully saturated rings. The Bertz CT molecular complexity index is 1640. The number of aromatic nitrogens is 3. The van der Waals surface area contributed by atoms with Crippen molar-refractivity contribution >= 4 is 11.9 Å². The van der Waals surface area contributed by atoms with Gasteiger partial charge in [0.2, 0.25) is 11.8 Å². The van der Waals surface area contributed by atoms with E-state index in [2.05, 4.69) is 24.9 Å². The van der Waals surface area contributed by atoms with Gasteiger partial charge in [-0.05, 0) is 26.0 Å². The van der Waals surface area contributed by atoms with Gasteiger partial charge in [0.15, 0.2) is 28.9 Å². The van der Waals surface area contributed by atoms with Gasteiger partial charge in [-0.2, -0.15) is 26.3 Å². The van der Waals surface area contributed by atoms with E-state index in [1.165, 1.54) is 26.0 Å². The number of allylic oxidation sites excluding steroid dienone is 1. The molecule has 1 aromatic heterocycles. The molecule has 1 aliphatic heterocycles. The molecule has 2 unspecified atom stereocenters. The van der Waals surface area contributed by atoms with Crippen LogP contribution in [-0.2, 0) is 19.1 Å². The maximum atomic E-state index is 12.4. The molecule has 2 aromatic rings. The number of hydrogen-bond acceptors (Lipinski definition) is 14. The summed E-state index contributed by atoms with van der Waals surface area (Å²) in [4.78, 5) is 45.4. The van der Waals surface area contributed by atoms with Crippen LogP contribution in [0.25, 0.3) is 11.4 Å². The maximum absolute atomic E-state index is 12.4. The number of carbonyl (C=O) groups is 2. The third kappa shape index (κ3) is 4.99. The third-order valence-corrected chi connectivity index (χ3v) is 4.89. The number of carbonyl (C=O) groups excluding carboxylic acids is 2. The van der Waals surface area contributed by atoms with Gasteiger partial charge in [0.1, 0.15) is 23.6 Å². The SMILES string of the molecule is CCOC(=O)C(C#N)c1nc(-c2ccc3c(c2C#N)=NC(=C(C#N)C#N)N=3)nc(C(C#N)C(=O)OCC)n1. The molecule has 0 N–H and O–H groups in total. The van der Waals surface area contributed by atoms with Crippen molar-refractivity contribution in [2.45, 2.75) is 25.7 Å². The van der Waals surface area contributed by atoms with E-state index in [0.29, 0.717) is 0 Å². The minimum atomic E-state index is -1.64. The van der Waals surface area contributed by atoms with Crippen LogP contribution < -0.4 is 10.7 Å². The summed E-state index contributed by atoms with van der Waals surface area (Å²) in [5.41, 5.74) is -0.448. The van der Waals surface area contributed by atoms with E-state index in [9.17, 15) is 25.4 Å². The van der Waals surface area contributed by atoms with Crippen molar-refractivity contribution < 1.29 is 19.1 Å². The quantitative estimate of drug-likeness (QED) is 0.363. The average Bonchev–Trinajstić information content (AvgIpc) is 3.34. The van der Waals surface area contributed by atoms with Gasteiger partial charge in [-0.1, -0.05) is 0 Å². The van der Waals surface area contributed by atoms with Crippen molar-refractivity contribution in [1.29, 1.82) is 26.3 Å². The second kappa shape index (κ2) is 11.6. The number of ether oxygens (including phenoxy) is 2. The number of rotatable bonds is 7. The molecule has 184 valence electrons. The highest BCUT2D eigenvalue weighted by Gasteiger charge is 2.32. The van der Waals surface area contributed by atoms with Gasteiger partial charge < -0.3 is 9.47 Å². The van der Waals surface area contributed by atoms with Gasteiger partial charge in [0.25, 0.3) is 0 Å². The lowest BCUT2D eigenvalue weighted by Gasteiger charge is -2.13. The Morgan fingerprint density at radius 3 is 1.84 bits per heavy atom. The molecule has 0 saturated heterocycles. The highest BCUT2D eigenvalue weighted by Crippen LogP contribution is 2.24. The van der Waals surface area contributed by atoms with E-state index in [1.807, 2.05) is 6.07 Å². The van der Waals surface area contributed by atoms with E-state index >= 15 is 0 Å². The van der Waals surface area contributed by atoms with E-state index < -0.39 is 35.4 Å². The minimum absolute atomic E-state index is 0.0240. The van der Waals surface area contributed by atoms with Crippen LogP contribution in [0.4, 0.5) is 0 Å². The summed E-state index contributed by atoms with van der Waals surface area (Å²) in [5, 5.41) is 47.7. The topological polar surface area (TPSA) is 235 Å². The molecule has 2 atom stereocenters. The summed E-state index contributed by atoms with van der Waals surface area (Å²) < 4.78 is 9.82. The molecule has 0 radical (unpaired) electrons. The lowest BCUT2D eigenvalue weighted by atomic mass is 10.1. The first kappa shape index (κ1) is 26.6. The second-order valence-electron chi connectivity index (χ2n) is 7.12. The van der Waals surface area contributed by atoms with Crippen molar-refractivity contribution in [2.75, 3.05) is 13.2 Å². The van der Waals surface area contributed by atoms with Gasteiger partial charge in [-0.15, -0.1) is 0 Å². The summed E-state index contributed by atoms with van der Waals surface area (Å²) in [6, 6.07) is 11.6. The lowest BCUT2D eigenvalue weighted by molar-refractivity contribution is -0.144. The zero-order valence-corrected chi connectivity index (χ0v) is 19.8. The molecule has 14 nitrogen and oxygen atoms in total. The van der Waals surface area contributed by atoms with E-state index in [4.69, 9.17) is 20.0 Å². The first-order valence-electron chi connectivity index (χ1n) is 10.8. The predicted molar refractivity (Wildman–Crippen MR) is 121 cm³/mol. The Balaban J connectivity index is 2.34. The molecule has 1 aromatic carbocycles. The van der Waals surface area contributed by atoms with Crippen molar-refractivity contribution in [3.05, 3.63) is 51.5 Å². The van der Waals surface area contributed by atoms with Crippen LogP contribution in [0, 0.1) is 56.7 Å². The predicted octanol–water partition coefficient (Wildman–Crippen LogP) is 0.262. The average molecular weight is 506 g/mol. The van der Waals surface area contributed by atoms with Crippen LogP contribution in [-0.4, -0.2) is 40.1 Å². The smallest absolute Gasteiger partial charge is 0.331 e. The highest BCUT2D eigenvalue weighted by molar-refractivity contribution is 5.82. The van der Waals surface area contributed by atoms with Crippen molar-refractivity contribution in [1.82, 2.24) is 15.0 Å². The fraction of sp³-hybridized carbons (Fsp3) is 0.250. The first-order chi connectivity index (χ1) is 18.4. The van der Waals surface area contributed by atoms with Crippen LogP contribution in [0.5, 0.6) is 0 Å². The van der Waals surface area contributed by atoms with E-state index in [-0.39, 0.29) is 52.3 Å². The number of benzene rings is 1. The molecule has 38 heavy (non-hydrogen) atoms. The normalized spacial score (nSPS) is 12.4. The van der Waals surface area contributed by atoms with Gasteiger partial charge in [-0.25, -0.2) is 24.9 Å². The molecule has 0 amide bonds. The van der Waals surface area contributed by atoms with E-state index in [1.54, 1.807) is 24.3 Å². The Morgan fingerprint density at radius 2 is 1.39 bits per heavy atom. The monoisotopic (exact) mass is 506 g/mol. The van der Waals surface area contributed by atoms with Crippen molar-refractivity contribution in [2.24, 2.45) is 9.98 Å². The summed E-state index contributed by atoms with van der Waals surface area (Å²) in [5.74, 6) is -6.50. The Labute approximate surface area is 214 Å². The van der Waals surface area contributed by atoms with Crippen LogP contribution >= 0.6 is 0 Å². The molecular formula is C24H14N10O4. The van der Waals surface area contributed by atoms with Crippen molar-refractivity contribution in [3.63, 3.8) is 0 Å². The van der Waals surface area contributed by atoms with Crippen LogP contribution in [0.1, 0.15) is 42.9 Å². The fourth-order valence-electron chi connectivity index (χ4n) is 3.24. The summed E-state index contributed by atoms with van der Waals surface area (Å²) in [6.45, 7) is 2.99. The summed E-state index contributed by atoms with van der Waals surface area (Å²) in [6.07, 6.45) is 0. The number of esters is 2. The Kier molecular flexibility index (Phi) is 8.10. The number of nitrogens with zero attached hydrogens (tertiary/aromatic N) is 10. The van der Waals surface area contributed by atoms with Gasteiger partial charge in [-0.3, -0.25) is 9.59 Å². The molecule has 0 spiro atoms. The van der Waals surface area contributed by atoms with Gasteiger partial charge in [0.05, 0.1) is 36.3 Å². The first-order valence-corrected chi connectivity index (χ1v) is 10.8. The third-order valence-electron chi connectivity index (χ3n) is 4.89. The van der Waals surface area contributed by atoms with Gasteiger partial charge >= 0.3 is 11.9 Å². The Morgan fingerprint density at radius 1 is 0.842 bits per heavy atom. The minimum Gasteiger partial charge on any atom is -0.465 e. The number of hydrogen-bond donors (Lipinski definition) is 0. The van der Waals surface area contributed by atoms with Crippen LogP contribution in [0.3, 0.4) is 0 Å². The van der Waals surface area contributed by atoms with Crippen molar-refractivity contribution in [3.8, 4) is 41.7 Å². The molecule has 0 saturated carbocycles. The fourth-order valence-corrected chi connectivity index (χ4v) is 3.24. The highest BCUT2D eigenvalue weighted by atomic mass is 16.5. The largest absolute Gasteiger partial charge is 0.465 e. The molecule has 0 bridgehead atoms. The van der Waals surface area contributed by atoms with Crippen LogP contribution in [0.2, 0.25) is 0 Å². The summed E-state index contributed by atoms with van der Waals surface area (Å²) in [7, 11) is 0. The molecule has 14 heteroatoms. The Hall–Kier alpha value is -6.04. The molecule has 3 rings (SSSR count). The second-order valence-corrected chi connectivity index (χ2v) is 7.12. The van der Waals surface area contributed by atoms with Crippen LogP contribution in [0.15, 0.2) is 33.5 Å². The van der Waals surface area contributed by atoms with Gasteiger partial charge in [0, 0.05) is 5.56 Å². The standard InChI is InChI=1S/C24H14N10O4/c1-3-37-23(35)15(10-28)21-32-20(33-22(34-21)16(11-29)24(36)38-4-2)13-5-6-17-18(14(13)9-27)31-19(30-17)12(7-25)8-26/h5-6,15-16H,3-4H2,1-2H3. The maximum Gasteiger partial charge on any atom is 0.331 e. The molecular weight excluding hydrogens is 492 g/mol. The number of fused-ring (bicyclic) bond motifs is 1. The zero-order valence-electron chi connectivity index (χ0n) is 19.8. The molecule has 1 aliphatic rings. The lowest BCUT2D eigenvalue weighted by Crippen LogP contribution is -2.26. The molecule has 0 aliphatic carbocycles. The zero-order chi connectivity index (χ0) is 27.8. The van der Waals surface area contributed by atoms with E-state index in [0.717, 1.165) is 0 Å². The summed E-state index contributed by atoms with van der Waals surface area (Å²) >= 11 is 0. The molecule has 2 heterocycles.